The normalized spacial score (nSPS) is 12.1. The lowest BCUT2D eigenvalue weighted by molar-refractivity contribution is 0.0699. The van der Waals surface area contributed by atoms with E-state index in [9.17, 15) is 18.3 Å². The third-order valence-corrected chi connectivity index (χ3v) is 5.22. The molecule has 10 heteroatoms. The molecular weight excluding hydrogens is 358 g/mol. The molecule has 4 aromatic rings. The molecule has 0 bridgehead atoms. The summed E-state index contributed by atoms with van der Waals surface area (Å²) in [6.45, 7) is 0. The molecule has 0 aliphatic rings. The molecule has 0 unspecified atom stereocenters. The van der Waals surface area contributed by atoms with Crippen molar-refractivity contribution in [3.05, 3.63) is 36.2 Å². The molecule has 1 aromatic carbocycles. The Morgan fingerprint density at radius 3 is 2.77 bits per heavy atom. The predicted molar refractivity (Wildman–Crippen MR) is 93.7 cm³/mol. The summed E-state index contributed by atoms with van der Waals surface area (Å²) in [7, 11) is -1.64. The molecule has 0 radical (unpaired) electrons. The zero-order valence-electron chi connectivity index (χ0n) is 13.8. The fourth-order valence-electron chi connectivity index (χ4n) is 2.83. The monoisotopic (exact) mass is 371 g/mol. The molecule has 2 N–H and O–H groups in total. The number of carboxylic acid groups (broad SMARTS) is 1. The Labute approximate surface area is 147 Å². The molecule has 26 heavy (non-hydrogen) atoms. The molecule has 132 valence electrons. The second-order valence-electron chi connectivity index (χ2n) is 5.88. The fraction of sp³-hybridized carbons (Fsp3) is 0.125. The van der Waals surface area contributed by atoms with Crippen molar-refractivity contribution >= 4 is 37.9 Å². The topological polar surface area (TPSA) is 131 Å². The van der Waals surface area contributed by atoms with Gasteiger partial charge in [0.1, 0.15) is 22.5 Å². The minimum atomic E-state index is -3.34. The molecular formula is C16H13N5O4S. The first kappa shape index (κ1) is 16.2. The number of carbonyl (C=O) groups is 1. The quantitative estimate of drug-likeness (QED) is 0.559. The van der Waals surface area contributed by atoms with Gasteiger partial charge in [-0.1, -0.05) is 0 Å². The number of hydrogen-bond acceptors (Lipinski definition) is 6. The number of rotatable bonds is 3. The Bertz CT molecular complexity index is 1300. The Hall–Kier alpha value is -3.27. The maximum Gasteiger partial charge on any atom is 0.339 e. The van der Waals surface area contributed by atoms with Crippen LogP contribution >= 0.6 is 0 Å². The van der Waals surface area contributed by atoms with Gasteiger partial charge in [0.25, 0.3) is 0 Å². The van der Waals surface area contributed by atoms with Crippen LogP contribution in [0.1, 0.15) is 10.4 Å². The van der Waals surface area contributed by atoms with Gasteiger partial charge in [-0.15, -0.1) is 0 Å². The molecule has 3 heterocycles. The molecule has 0 saturated heterocycles. The van der Waals surface area contributed by atoms with Crippen molar-refractivity contribution in [2.45, 2.75) is 4.90 Å². The van der Waals surface area contributed by atoms with Gasteiger partial charge >= 0.3 is 5.97 Å². The van der Waals surface area contributed by atoms with Gasteiger partial charge in [0.2, 0.25) is 0 Å². The van der Waals surface area contributed by atoms with Crippen molar-refractivity contribution in [1.82, 2.24) is 24.7 Å². The molecule has 9 nitrogen and oxygen atoms in total. The summed E-state index contributed by atoms with van der Waals surface area (Å²) in [5.41, 5.74) is 2.14. The van der Waals surface area contributed by atoms with Crippen LogP contribution in [0.15, 0.2) is 35.5 Å². The van der Waals surface area contributed by atoms with E-state index in [1.165, 1.54) is 18.5 Å². The Morgan fingerprint density at radius 1 is 1.31 bits per heavy atom. The molecule has 3 aromatic heterocycles. The van der Waals surface area contributed by atoms with Crippen LogP contribution in [0, 0.1) is 0 Å². The number of aromatic carboxylic acids is 1. The van der Waals surface area contributed by atoms with E-state index in [1.54, 1.807) is 23.9 Å². The third kappa shape index (κ3) is 2.42. The van der Waals surface area contributed by atoms with Crippen LogP contribution in [-0.2, 0) is 16.9 Å². The molecule has 0 aliphatic carbocycles. The van der Waals surface area contributed by atoms with Gasteiger partial charge in [-0.05, 0) is 18.2 Å². The average molecular weight is 371 g/mol. The smallest absolute Gasteiger partial charge is 0.339 e. The Morgan fingerprint density at radius 2 is 2.08 bits per heavy atom. The lowest BCUT2D eigenvalue weighted by Crippen LogP contribution is -1.97. The van der Waals surface area contributed by atoms with Crippen molar-refractivity contribution in [1.29, 1.82) is 0 Å². The second kappa shape index (κ2) is 5.36. The van der Waals surface area contributed by atoms with Crippen LogP contribution in [0.2, 0.25) is 0 Å². The Kier molecular flexibility index (Phi) is 3.34. The summed E-state index contributed by atoms with van der Waals surface area (Å²) in [6, 6.07) is 4.72. The predicted octanol–water partition coefficient (Wildman–Crippen LogP) is 1.61. The largest absolute Gasteiger partial charge is 0.478 e. The number of aromatic nitrogens is 5. The molecule has 0 fully saturated rings. The molecule has 0 amide bonds. The van der Waals surface area contributed by atoms with Crippen LogP contribution in [0.3, 0.4) is 0 Å². The van der Waals surface area contributed by atoms with Crippen LogP contribution in [-0.4, -0.2) is 50.5 Å². The summed E-state index contributed by atoms with van der Waals surface area (Å²) >= 11 is 0. The van der Waals surface area contributed by atoms with E-state index in [4.69, 9.17) is 0 Å². The lowest BCUT2D eigenvalue weighted by atomic mass is 10.1. The molecule has 0 aliphatic heterocycles. The van der Waals surface area contributed by atoms with Crippen molar-refractivity contribution in [2.75, 3.05) is 6.26 Å². The first-order valence-corrected chi connectivity index (χ1v) is 9.39. The number of sulfone groups is 1. The maximum atomic E-state index is 11.8. The third-order valence-electron chi connectivity index (χ3n) is 4.10. The molecule has 4 rings (SSSR count). The van der Waals surface area contributed by atoms with Crippen LogP contribution in [0.4, 0.5) is 0 Å². The fourth-order valence-corrected chi connectivity index (χ4v) is 3.47. The van der Waals surface area contributed by atoms with E-state index in [-0.39, 0.29) is 16.0 Å². The van der Waals surface area contributed by atoms with Gasteiger partial charge in [0.05, 0.1) is 16.6 Å². The van der Waals surface area contributed by atoms with Crippen LogP contribution < -0.4 is 0 Å². The average Bonchev–Trinajstić information content (AvgIpc) is 3.14. The minimum absolute atomic E-state index is 0.0222. The number of fused-ring (bicyclic) bond motifs is 2. The van der Waals surface area contributed by atoms with Gasteiger partial charge in [0, 0.05) is 24.9 Å². The highest BCUT2D eigenvalue weighted by Gasteiger charge is 2.18. The second-order valence-corrected chi connectivity index (χ2v) is 7.90. The van der Waals surface area contributed by atoms with E-state index >= 15 is 0 Å². The highest BCUT2D eigenvalue weighted by Crippen LogP contribution is 2.29. The van der Waals surface area contributed by atoms with Crippen LogP contribution in [0.5, 0.6) is 0 Å². The highest BCUT2D eigenvalue weighted by molar-refractivity contribution is 7.90. The number of carboxylic acids is 1. The van der Waals surface area contributed by atoms with Crippen molar-refractivity contribution in [3.8, 4) is 11.4 Å². The first-order valence-electron chi connectivity index (χ1n) is 7.50. The number of aryl methyl sites for hydroxylation is 1. The zero-order valence-corrected chi connectivity index (χ0v) is 14.6. The lowest BCUT2D eigenvalue weighted by Gasteiger charge is -2.00. The summed E-state index contributed by atoms with van der Waals surface area (Å²) in [5, 5.41) is 14.4. The number of H-pyrrole nitrogens is 1. The Balaban J connectivity index is 1.96. The van der Waals surface area contributed by atoms with Gasteiger partial charge in [0.15, 0.2) is 15.5 Å². The minimum Gasteiger partial charge on any atom is -0.478 e. The summed E-state index contributed by atoms with van der Waals surface area (Å²) in [5.74, 6) is -1.11. The SMILES string of the molecule is Cn1nc(-c2cnc3[nH]cc(C(=O)O)c3n2)c2ccc(S(C)(=O)=O)cc21. The van der Waals surface area contributed by atoms with Crippen molar-refractivity contribution in [3.63, 3.8) is 0 Å². The zero-order chi connectivity index (χ0) is 18.6. The van der Waals surface area contributed by atoms with Crippen molar-refractivity contribution in [2.24, 2.45) is 7.05 Å². The van der Waals surface area contributed by atoms with E-state index in [1.807, 2.05) is 0 Å². The van der Waals surface area contributed by atoms with E-state index in [2.05, 4.69) is 20.1 Å². The van der Waals surface area contributed by atoms with Crippen molar-refractivity contribution < 1.29 is 18.3 Å². The van der Waals surface area contributed by atoms with Gasteiger partial charge < -0.3 is 10.1 Å². The molecule has 0 saturated carbocycles. The van der Waals surface area contributed by atoms with E-state index < -0.39 is 15.8 Å². The maximum absolute atomic E-state index is 11.8. The summed E-state index contributed by atoms with van der Waals surface area (Å²) < 4.78 is 25.1. The van der Waals surface area contributed by atoms with Gasteiger partial charge in [-0.25, -0.2) is 23.2 Å². The summed E-state index contributed by atoms with van der Waals surface area (Å²) in [4.78, 5) is 22.9. The number of aromatic amines is 1. The van der Waals surface area contributed by atoms with E-state index in [0.29, 0.717) is 27.9 Å². The number of nitrogens with zero attached hydrogens (tertiary/aromatic N) is 4. The van der Waals surface area contributed by atoms with Crippen LogP contribution in [0.25, 0.3) is 33.5 Å². The first-order chi connectivity index (χ1) is 12.3. The number of benzene rings is 1. The highest BCUT2D eigenvalue weighted by atomic mass is 32.2. The van der Waals surface area contributed by atoms with Gasteiger partial charge in [-0.2, -0.15) is 5.10 Å². The summed E-state index contributed by atoms with van der Waals surface area (Å²) in [6.07, 6.45) is 3.98. The molecule has 0 atom stereocenters. The number of hydrogen-bond donors (Lipinski definition) is 2. The molecule has 0 spiro atoms. The number of nitrogens with one attached hydrogen (secondary N) is 1. The standard InChI is InChI=1S/C16H13N5O4S/c1-21-12-5-8(26(2,24)25)3-4-9(12)13(20-21)11-7-18-15-14(19-11)10(6-17-15)16(22)23/h3-7H,1-2H3,(H,17,18)(H,22,23). The van der Waals surface area contributed by atoms with E-state index in [0.717, 1.165) is 6.26 Å². The van der Waals surface area contributed by atoms with Gasteiger partial charge in [-0.3, -0.25) is 4.68 Å².